The molecular weight excluding hydrogens is 336 g/mol. The number of piperidine rings is 1. The average Bonchev–Trinajstić information content (AvgIpc) is 3.06. The van der Waals surface area contributed by atoms with Crippen LogP contribution in [-0.2, 0) is 0 Å². The molecule has 0 saturated carbocycles. The monoisotopic (exact) mass is 362 g/mol. The van der Waals surface area contributed by atoms with Gasteiger partial charge < -0.3 is 14.8 Å². The molecule has 1 aliphatic rings. The minimum absolute atomic E-state index is 0.506. The Hall–Kier alpha value is -2.65. The van der Waals surface area contributed by atoms with Crippen molar-refractivity contribution in [3.8, 4) is 6.07 Å². The van der Waals surface area contributed by atoms with Gasteiger partial charge in [-0.2, -0.15) is 5.26 Å². The molecule has 6 nitrogen and oxygen atoms in total. The normalized spacial score (nSPS) is 15.7. The summed E-state index contributed by atoms with van der Waals surface area (Å²) in [4.78, 5) is 17.2. The van der Waals surface area contributed by atoms with E-state index in [2.05, 4.69) is 50.7 Å². The number of H-pyrrole nitrogens is 1. The maximum atomic E-state index is 9.72. The lowest BCUT2D eigenvalue weighted by Gasteiger charge is -2.39. The number of aromatic nitrogens is 3. The van der Waals surface area contributed by atoms with Crippen LogP contribution >= 0.6 is 0 Å². The number of hydrogen-bond donors (Lipinski definition) is 1. The van der Waals surface area contributed by atoms with Gasteiger partial charge in [0.15, 0.2) is 5.69 Å². The van der Waals surface area contributed by atoms with Gasteiger partial charge in [-0.15, -0.1) is 0 Å². The van der Waals surface area contributed by atoms with Crippen LogP contribution in [-0.4, -0.2) is 52.1 Å². The van der Waals surface area contributed by atoms with Crippen molar-refractivity contribution in [1.29, 1.82) is 5.26 Å². The Morgan fingerprint density at radius 1 is 1.22 bits per heavy atom. The number of nitrogens with one attached hydrogen (secondary N) is 1. The van der Waals surface area contributed by atoms with E-state index in [1.54, 1.807) is 6.20 Å². The van der Waals surface area contributed by atoms with E-state index in [1.807, 2.05) is 13.1 Å². The molecule has 0 spiro atoms. The van der Waals surface area contributed by atoms with Crippen LogP contribution < -0.4 is 4.90 Å². The number of hydrogen-bond acceptors (Lipinski definition) is 5. The van der Waals surface area contributed by atoms with E-state index in [4.69, 9.17) is 0 Å². The van der Waals surface area contributed by atoms with Crippen LogP contribution in [0.5, 0.6) is 0 Å². The number of anilines is 1. The lowest BCUT2D eigenvalue weighted by atomic mass is 10.0. The zero-order chi connectivity index (χ0) is 19.0. The highest BCUT2D eigenvalue weighted by atomic mass is 15.2. The minimum atomic E-state index is 0.506. The zero-order valence-electron chi connectivity index (χ0n) is 16.3. The number of aryl methyl sites for hydroxylation is 1. The molecule has 0 atom stereocenters. The van der Waals surface area contributed by atoms with E-state index < -0.39 is 0 Å². The van der Waals surface area contributed by atoms with Crippen LogP contribution in [0.3, 0.4) is 0 Å². The van der Waals surface area contributed by atoms with Gasteiger partial charge in [-0.3, -0.25) is 0 Å². The van der Waals surface area contributed by atoms with Gasteiger partial charge in [0.25, 0.3) is 0 Å². The van der Waals surface area contributed by atoms with Gasteiger partial charge in [-0.05, 0) is 44.5 Å². The third-order valence-corrected chi connectivity index (χ3v) is 5.82. The van der Waals surface area contributed by atoms with Gasteiger partial charge in [-0.25, -0.2) is 9.97 Å². The first-order valence-electron chi connectivity index (χ1n) is 9.82. The minimum Gasteiger partial charge on any atom is -0.368 e. The van der Waals surface area contributed by atoms with Crippen molar-refractivity contribution in [3.63, 3.8) is 0 Å². The molecular formula is C21H26N6. The zero-order valence-corrected chi connectivity index (χ0v) is 16.3. The number of fused-ring (bicyclic) bond motifs is 3. The Balaban J connectivity index is 1.78. The largest absolute Gasteiger partial charge is 0.368 e. The second-order valence-electron chi connectivity index (χ2n) is 7.33. The molecule has 4 rings (SSSR count). The van der Waals surface area contributed by atoms with E-state index >= 15 is 0 Å². The Kier molecular flexibility index (Phi) is 4.71. The molecule has 3 aromatic rings. The number of rotatable bonds is 4. The molecule has 1 N–H and O–H groups in total. The highest BCUT2D eigenvalue weighted by Crippen LogP contribution is 2.36. The third kappa shape index (κ3) is 3.02. The van der Waals surface area contributed by atoms with E-state index in [-0.39, 0.29) is 0 Å². The van der Waals surface area contributed by atoms with E-state index in [1.165, 1.54) is 0 Å². The molecule has 3 aromatic heterocycles. The SMILES string of the molecule is CCN(CC)C1CCN(c2c(C#N)ncc3[nH]c4ncc(C)cc4c23)CC1. The molecule has 0 amide bonds. The van der Waals surface area contributed by atoms with Crippen LogP contribution in [0.25, 0.3) is 21.9 Å². The lowest BCUT2D eigenvalue weighted by Crippen LogP contribution is -2.45. The summed E-state index contributed by atoms with van der Waals surface area (Å²) in [5, 5.41) is 11.9. The smallest absolute Gasteiger partial charge is 0.164 e. The summed E-state index contributed by atoms with van der Waals surface area (Å²) in [6.07, 6.45) is 5.85. The van der Waals surface area contributed by atoms with Crippen LogP contribution in [0.15, 0.2) is 18.5 Å². The molecule has 140 valence electrons. The molecule has 0 aliphatic carbocycles. The fourth-order valence-corrected chi connectivity index (χ4v) is 4.44. The second kappa shape index (κ2) is 7.16. The summed E-state index contributed by atoms with van der Waals surface area (Å²) in [5.41, 5.74) is 4.39. The molecule has 0 aromatic carbocycles. The molecule has 27 heavy (non-hydrogen) atoms. The third-order valence-electron chi connectivity index (χ3n) is 5.82. The second-order valence-corrected chi connectivity index (χ2v) is 7.33. The molecule has 0 unspecified atom stereocenters. The Labute approximate surface area is 159 Å². The van der Waals surface area contributed by atoms with Gasteiger partial charge >= 0.3 is 0 Å². The van der Waals surface area contributed by atoms with Crippen molar-refractivity contribution in [1.82, 2.24) is 19.9 Å². The summed E-state index contributed by atoms with van der Waals surface area (Å²) >= 11 is 0. The van der Waals surface area contributed by atoms with Gasteiger partial charge in [0.2, 0.25) is 0 Å². The van der Waals surface area contributed by atoms with Gasteiger partial charge in [0, 0.05) is 36.1 Å². The van der Waals surface area contributed by atoms with E-state index in [0.717, 1.165) is 72.2 Å². The van der Waals surface area contributed by atoms with Crippen LogP contribution in [0, 0.1) is 18.3 Å². The molecule has 1 saturated heterocycles. The first-order chi connectivity index (χ1) is 13.2. The van der Waals surface area contributed by atoms with Gasteiger partial charge in [-0.1, -0.05) is 13.8 Å². The Morgan fingerprint density at radius 2 is 1.96 bits per heavy atom. The lowest BCUT2D eigenvalue weighted by molar-refractivity contribution is 0.186. The van der Waals surface area contributed by atoms with Crippen LogP contribution in [0.2, 0.25) is 0 Å². The number of nitriles is 1. The van der Waals surface area contributed by atoms with E-state index in [9.17, 15) is 5.26 Å². The fourth-order valence-electron chi connectivity index (χ4n) is 4.44. The van der Waals surface area contributed by atoms with Gasteiger partial charge in [0.1, 0.15) is 11.7 Å². The quantitative estimate of drug-likeness (QED) is 0.768. The Bertz CT molecular complexity index is 1000. The summed E-state index contributed by atoms with van der Waals surface area (Å²) < 4.78 is 0. The number of nitrogens with zero attached hydrogens (tertiary/aromatic N) is 5. The van der Waals surface area contributed by atoms with Crippen molar-refractivity contribution in [2.75, 3.05) is 31.1 Å². The summed E-state index contributed by atoms with van der Waals surface area (Å²) in [5.74, 6) is 0. The summed E-state index contributed by atoms with van der Waals surface area (Å²) in [6.45, 7) is 10.6. The molecule has 0 bridgehead atoms. The molecule has 0 radical (unpaired) electrons. The standard InChI is InChI=1S/C21H26N6/c1-4-26(5-2)15-6-8-27(9-7-15)20-17(11-22)23-13-18-19(20)16-10-14(3)12-24-21(16)25-18/h10,12-13,15H,4-9H2,1-3H3,(H,24,25). The first kappa shape index (κ1) is 17.7. The van der Waals surface area contributed by atoms with Crippen molar-refractivity contribution < 1.29 is 0 Å². The predicted molar refractivity (Wildman–Crippen MR) is 109 cm³/mol. The first-order valence-corrected chi connectivity index (χ1v) is 9.82. The fraction of sp³-hybridized carbons (Fsp3) is 0.476. The summed E-state index contributed by atoms with van der Waals surface area (Å²) in [6, 6.07) is 5.09. The van der Waals surface area contributed by atoms with Crippen molar-refractivity contribution >= 4 is 27.6 Å². The van der Waals surface area contributed by atoms with Crippen molar-refractivity contribution in [2.45, 2.75) is 39.7 Å². The van der Waals surface area contributed by atoms with Crippen LogP contribution in [0.1, 0.15) is 37.9 Å². The maximum Gasteiger partial charge on any atom is 0.164 e. The average molecular weight is 362 g/mol. The topological polar surface area (TPSA) is 71.8 Å². The van der Waals surface area contributed by atoms with Gasteiger partial charge in [0.05, 0.1) is 17.4 Å². The molecule has 1 aliphatic heterocycles. The molecule has 4 heterocycles. The predicted octanol–water partition coefficient (Wildman–Crippen LogP) is 3.60. The molecule has 6 heteroatoms. The summed E-state index contributed by atoms with van der Waals surface area (Å²) in [7, 11) is 0. The number of aromatic amines is 1. The number of pyridine rings is 2. The van der Waals surface area contributed by atoms with E-state index in [0.29, 0.717) is 11.7 Å². The van der Waals surface area contributed by atoms with Crippen molar-refractivity contribution in [2.24, 2.45) is 0 Å². The van der Waals surface area contributed by atoms with Crippen molar-refractivity contribution in [3.05, 3.63) is 29.7 Å². The molecule has 1 fully saturated rings. The van der Waals surface area contributed by atoms with Crippen LogP contribution in [0.4, 0.5) is 5.69 Å². The Morgan fingerprint density at radius 3 is 2.63 bits per heavy atom. The highest BCUT2D eigenvalue weighted by molar-refractivity contribution is 6.13. The highest BCUT2D eigenvalue weighted by Gasteiger charge is 2.27. The maximum absolute atomic E-state index is 9.72.